The molecule has 0 heterocycles. The van der Waals surface area contributed by atoms with E-state index in [0.717, 1.165) is 17.9 Å². The van der Waals surface area contributed by atoms with Crippen LogP contribution in [-0.2, 0) is 6.42 Å². The molecule has 0 aliphatic carbocycles. The molecule has 18 heavy (non-hydrogen) atoms. The zero-order valence-electron chi connectivity index (χ0n) is 10.9. The Morgan fingerprint density at radius 1 is 1.00 bits per heavy atom. The smallest absolute Gasteiger partial charge is 0.122 e. The minimum Gasteiger partial charge on any atom is -0.493 e. The minimum atomic E-state index is 0.689. The average molecular weight is 241 g/mol. The highest BCUT2D eigenvalue weighted by molar-refractivity contribution is 5.40. The van der Waals surface area contributed by atoms with Crippen molar-refractivity contribution in [2.45, 2.75) is 20.3 Å². The van der Waals surface area contributed by atoms with Crippen LogP contribution in [0.15, 0.2) is 42.5 Å². The van der Waals surface area contributed by atoms with E-state index in [9.17, 15) is 0 Å². The van der Waals surface area contributed by atoms with Crippen LogP contribution < -0.4 is 10.5 Å². The molecule has 0 aliphatic rings. The molecule has 0 aliphatic heterocycles. The Morgan fingerprint density at radius 2 is 1.72 bits per heavy atom. The fourth-order valence-electron chi connectivity index (χ4n) is 1.84. The van der Waals surface area contributed by atoms with E-state index in [1.54, 1.807) is 0 Å². The summed E-state index contributed by atoms with van der Waals surface area (Å²) < 4.78 is 5.82. The molecule has 2 heteroatoms. The molecule has 0 amide bonds. The van der Waals surface area contributed by atoms with Crippen LogP contribution in [0.25, 0.3) is 0 Å². The van der Waals surface area contributed by atoms with Crippen molar-refractivity contribution in [3.8, 4) is 5.75 Å². The summed E-state index contributed by atoms with van der Waals surface area (Å²) in [4.78, 5) is 0. The zero-order chi connectivity index (χ0) is 13.0. The van der Waals surface area contributed by atoms with Gasteiger partial charge in [0.25, 0.3) is 0 Å². The van der Waals surface area contributed by atoms with Gasteiger partial charge in [-0.2, -0.15) is 0 Å². The molecule has 2 aromatic carbocycles. The predicted octanol–water partition coefficient (Wildman–Crippen LogP) is 3.51. The van der Waals surface area contributed by atoms with Crippen molar-refractivity contribution < 1.29 is 4.74 Å². The summed E-state index contributed by atoms with van der Waals surface area (Å²) in [6, 6.07) is 14.1. The molecule has 0 fully saturated rings. The van der Waals surface area contributed by atoms with Crippen LogP contribution >= 0.6 is 0 Å². The molecule has 2 rings (SSSR count). The van der Waals surface area contributed by atoms with E-state index in [1.807, 2.05) is 36.4 Å². The predicted molar refractivity (Wildman–Crippen MR) is 76.0 cm³/mol. The number of ether oxygens (including phenoxy) is 1. The molecule has 2 aromatic rings. The minimum absolute atomic E-state index is 0.689. The average Bonchev–Trinajstić information content (AvgIpc) is 2.37. The van der Waals surface area contributed by atoms with E-state index in [4.69, 9.17) is 10.5 Å². The fraction of sp³-hybridized carbons (Fsp3) is 0.250. The number of hydrogen-bond acceptors (Lipinski definition) is 2. The lowest BCUT2D eigenvalue weighted by atomic mass is 10.1. The van der Waals surface area contributed by atoms with Crippen molar-refractivity contribution >= 4 is 5.69 Å². The number of aryl methyl sites for hydroxylation is 1. The number of nitrogens with two attached hydrogens (primary N) is 1. The standard InChI is InChI=1S/C16H19NO/c1-12-4-3-5-16(13(12)2)18-11-10-14-6-8-15(17)9-7-14/h3-9H,10-11,17H2,1-2H3. The van der Waals surface area contributed by atoms with Gasteiger partial charge >= 0.3 is 0 Å². The van der Waals surface area contributed by atoms with Gasteiger partial charge in [-0.15, -0.1) is 0 Å². The van der Waals surface area contributed by atoms with Crippen LogP contribution in [0.4, 0.5) is 5.69 Å². The van der Waals surface area contributed by atoms with E-state index in [1.165, 1.54) is 16.7 Å². The molecule has 94 valence electrons. The molecular formula is C16H19NO. The number of benzene rings is 2. The van der Waals surface area contributed by atoms with Crippen LogP contribution in [0.5, 0.6) is 5.75 Å². The molecule has 0 spiro atoms. The highest BCUT2D eigenvalue weighted by atomic mass is 16.5. The zero-order valence-corrected chi connectivity index (χ0v) is 10.9. The van der Waals surface area contributed by atoms with Crippen molar-refractivity contribution in [3.63, 3.8) is 0 Å². The van der Waals surface area contributed by atoms with E-state index in [2.05, 4.69) is 19.9 Å². The second kappa shape index (κ2) is 5.58. The summed E-state index contributed by atoms with van der Waals surface area (Å²) in [6.07, 6.45) is 0.896. The van der Waals surface area contributed by atoms with Crippen molar-refractivity contribution in [1.29, 1.82) is 0 Å². The Bertz CT molecular complexity index is 517. The SMILES string of the molecule is Cc1cccc(OCCc2ccc(N)cc2)c1C. The van der Waals surface area contributed by atoms with E-state index in [0.29, 0.717) is 6.61 Å². The second-order valence-corrected chi connectivity index (χ2v) is 4.54. The summed E-state index contributed by atoms with van der Waals surface area (Å²) >= 11 is 0. The summed E-state index contributed by atoms with van der Waals surface area (Å²) in [5.74, 6) is 0.977. The van der Waals surface area contributed by atoms with E-state index < -0.39 is 0 Å². The molecule has 0 unspecified atom stereocenters. The first-order valence-corrected chi connectivity index (χ1v) is 6.20. The summed E-state index contributed by atoms with van der Waals surface area (Å²) in [5, 5.41) is 0. The molecule has 0 atom stereocenters. The van der Waals surface area contributed by atoms with Crippen LogP contribution in [-0.4, -0.2) is 6.61 Å². The lowest BCUT2D eigenvalue weighted by molar-refractivity contribution is 0.319. The molecular weight excluding hydrogens is 222 g/mol. The molecule has 2 N–H and O–H groups in total. The van der Waals surface area contributed by atoms with Crippen LogP contribution in [0.3, 0.4) is 0 Å². The van der Waals surface area contributed by atoms with Crippen LogP contribution in [0.2, 0.25) is 0 Å². The van der Waals surface area contributed by atoms with Gasteiger partial charge in [-0.05, 0) is 48.7 Å². The Hall–Kier alpha value is -1.96. The van der Waals surface area contributed by atoms with Gasteiger partial charge < -0.3 is 10.5 Å². The van der Waals surface area contributed by atoms with Crippen molar-refractivity contribution in [2.75, 3.05) is 12.3 Å². The molecule has 2 nitrogen and oxygen atoms in total. The lowest BCUT2D eigenvalue weighted by Crippen LogP contribution is -2.03. The molecule has 0 aromatic heterocycles. The second-order valence-electron chi connectivity index (χ2n) is 4.54. The number of nitrogen functional groups attached to an aromatic ring is 1. The monoisotopic (exact) mass is 241 g/mol. The third kappa shape index (κ3) is 3.04. The highest BCUT2D eigenvalue weighted by Gasteiger charge is 2.01. The van der Waals surface area contributed by atoms with Gasteiger partial charge in [0.2, 0.25) is 0 Å². The first-order chi connectivity index (χ1) is 8.66. The molecule has 0 saturated carbocycles. The fourth-order valence-corrected chi connectivity index (χ4v) is 1.84. The number of anilines is 1. The first kappa shape index (κ1) is 12.5. The van der Waals surface area contributed by atoms with Crippen molar-refractivity contribution in [2.24, 2.45) is 0 Å². The van der Waals surface area contributed by atoms with Gasteiger partial charge in [0.15, 0.2) is 0 Å². The highest BCUT2D eigenvalue weighted by Crippen LogP contribution is 2.20. The first-order valence-electron chi connectivity index (χ1n) is 6.20. The quantitative estimate of drug-likeness (QED) is 0.831. The van der Waals surface area contributed by atoms with Gasteiger partial charge in [0, 0.05) is 12.1 Å². The number of rotatable bonds is 4. The summed E-state index contributed by atoms with van der Waals surface area (Å²) in [5.41, 5.74) is 10.2. The largest absolute Gasteiger partial charge is 0.493 e. The third-order valence-corrected chi connectivity index (χ3v) is 3.18. The van der Waals surface area contributed by atoms with Crippen molar-refractivity contribution in [1.82, 2.24) is 0 Å². The Morgan fingerprint density at radius 3 is 2.44 bits per heavy atom. The Kier molecular flexibility index (Phi) is 3.88. The third-order valence-electron chi connectivity index (χ3n) is 3.18. The lowest BCUT2D eigenvalue weighted by Gasteiger charge is -2.10. The maximum atomic E-state index is 5.82. The van der Waals surface area contributed by atoms with Gasteiger partial charge in [-0.1, -0.05) is 24.3 Å². The van der Waals surface area contributed by atoms with E-state index in [-0.39, 0.29) is 0 Å². The van der Waals surface area contributed by atoms with E-state index >= 15 is 0 Å². The summed E-state index contributed by atoms with van der Waals surface area (Å²) in [7, 11) is 0. The maximum Gasteiger partial charge on any atom is 0.122 e. The van der Waals surface area contributed by atoms with Crippen LogP contribution in [0.1, 0.15) is 16.7 Å². The molecule has 0 saturated heterocycles. The maximum absolute atomic E-state index is 5.82. The molecule has 0 bridgehead atoms. The normalized spacial score (nSPS) is 10.3. The van der Waals surface area contributed by atoms with Gasteiger partial charge in [-0.3, -0.25) is 0 Å². The number of hydrogen-bond donors (Lipinski definition) is 1. The summed E-state index contributed by atoms with van der Waals surface area (Å²) in [6.45, 7) is 4.88. The van der Waals surface area contributed by atoms with Crippen LogP contribution in [0, 0.1) is 13.8 Å². The topological polar surface area (TPSA) is 35.2 Å². The van der Waals surface area contributed by atoms with Gasteiger partial charge in [0.1, 0.15) is 5.75 Å². The Labute approximate surface area is 108 Å². The van der Waals surface area contributed by atoms with Gasteiger partial charge in [-0.25, -0.2) is 0 Å². The Balaban J connectivity index is 1.92. The van der Waals surface area contributed by atoms with Crippen molar-refractivity contribution in [3.05, 3.63) is 59.2 Å². The molecule has 0 radical (unpaired) electrons. The van der Waals surface area contributed by atoms with Gasteiger partial charge in [0.05, 0.1) is 6.61 Å².